The van der Waals surface area contributed by atoms with E-state index in [0.717, 1.165) is 21.0 Å². The molecule has 0 saturated heterocycles. The van der Waals surface area contributed by atoms with Crippen LogP contribution in [0.2, 0.25) is 0 Å². The van der Waals surface area contributed by atoms with E-state index in [4.69, 9.17) is 4.74 Å². The van der Waals surface area contributed by atoms with Gasteiger partial charge in [0.2, 0.25) is 11.8 Å². The van der Waals surface area contributed by atoms with Gasteiger partial charge < -0.3 is 15.0 Å². The Bertz CT molecular complexity index is 1660. The minimum absolute atomic E-state index is 0.0387. The Kier molecular flexibility index (Phi) is 11.4. The number of benzene rings is 4. The predicted molar refractivity (Wildman–Crippen MR) is 178 cm³/mol. The number of methoxy groups -OCH3 is 1. The molecule has 4 aromatic rings. The van der Waals surface area contributed by atoms with E-state index in [1.807, 2.05) is 81.4 Å². The fraction of sp³-hybridized carbons (Fsp3) is 0.278. The van der Waals surface area contributed by atoms with Gasteiger partial charge in [0.25, 0.3) is 10.0 Å². The standard InChI is InChI=1S/C36H41N3O5S/c1-5-28(3)37-36(41)33(24-29-14-8-6-9-15-29)38(25-30-16-10-7-11-17-30)35(40)26-39(32-18-12-13-19-34(32)44-4)45(42,43)31-22-20-27(2)21-23-31/h6-23,28,33H,5,24-26H2,1-4H3,(H,37,41)/t28-,33+/m1/s1. The van der Waals surface area contributed by atoms with Crippen molar-refractivity contribution < 1.29 is 22.7 Å². The number of amides is 2. The molecule has 236 valence electrons. The number of carbonyl (C=O) groups excluding carboxylic acids is 2. The summed E-state index contributed by atoms with van der Waals surface area (Å²) in [5.74, 6) is -0.533. The van der Waals surface area contributed by atoms with Gasteiger partial charge in [-0.2, -0.15) is 0 Å². The van der Waals surface area contributed by atoms with Crippen molar-refractivity contribution >= 4 is 27.5 Å². The van der Waals surface area contributed by atoms with Crippen molar-refractivity contribution in [1.82, 2.24) is 10.2 Å². The van der Waals surface area contributed by atoms with E-state index in [1.54, 1.807) is 36.4 Å². The average molecular weight is 628 g/mol. The van der Waals surface area contributed by atoms with Crippen LogP contribution in [0.25, 0.3) is 0 Å². The van der Waals surface area contributed by atoms with Crippen molar-refractivity contribution in [2.24, 2.45) is 0 Å². The third-order valence-electron chi connectivity index (χ3n) is 7.71. The molecule has 1 N–H and O–H groups in total. The van der Waals surface area contributed by atoms with E-state index < -0.39 is 28.5 Å². The van der Waals surface area contributed by atoms with Gasteiger partial charge in [-0.05, 0) is 55.7 Å². The van der Waals surface area contributed by atoms with E-state index in [2.05, 4.69) is 5.32 Å². The minimum atomic E-state index is -4.23. The first kappa shape index (κ1) is 33.3. The SMILES string of the molecule is CC[C@@H](C)NC(=O)[C@H](Cc1ccccc1)N(Cc1ccccc1)C(=O)CN(c1ccccc1OC)S(=O)(=O)c1ccc(C)cc1. The Balaban J connectivity index is 1.82. The zero-order valence-electron chi connectivity index (χ0n) is 26.2. The lowest BCUT2D eigenvalue weighted by atomic mass is 10.0. The molecule has 0 aliphatic heterocycles. The molecule has 0 fully saturated rings. The number of nitrogens with zero attached hydrogens (tertiary/aromatic N) is 2. The number of carbonyl (C=O) groups is 2. The largest absolute Gasteiger partial charge is 0.495 e. The molecular formula is C36H41N3O5S. The van der Waals surface area contributed by atoms with Crippen LogP contribution in [-0.2, 0) is 32.6 Å². The lowest BCUT2D eigenvalue weighted by Gasteiger charge is -2.34. The topological polar surface area (TPSA) is 96.0 Å². The molecule has 0 spiro atoms. The Labute approximate surface area is 266 Å². The smallest absolute Gasteiger partial charge is 0.264 e. The third-order valence-corrected chi connectivity index (χ3v) is 9.48. The van der Waals surface area contributed by atoms with Gasteiger partial charge in [-0.25, -0.2) is 8.42 Å². The maximum absolute atomic E-state index is 14.6. The van der Waals surface area contributed by atoms with Gasteiger partial charge in [-0.15, -0.1) is 0 Å². The molecule has 0 bridgehead atoms. The van der Waals surface area contributed by atoms with Crippen molar-refractivity contribution in [1.29, 1.82) is 0 Å². The Morgan fingerprint density at radius 2 is 1.40 bits per heavy atom. The fourth-order valence-electron chi connectivity index (χ4n) is 4.96. The quantitative estimate of drug-likeness (QED) is 0.192. The van der Waals surface area contributed by atoms with E-state index in [9.17, 15) is 18.0 Å². The highest BCUT2D eigenvalue weighted by Crippen LogP contribution is 2.32. The van der Waals surface area contributed by atoms with Crippen LogP contribution in [0, 0.1) is 6.92 Å². The van der Waals surface area contributed by atoms with E-state index in [-0.39, 0.29) is 35.5 Å². The van der Waals surface area contributed by atoms with Crippen LogP contribution >= 0.6 is 0 Å². The highest BCUT2D eigenvalue weighted by atomic mass is 32.2. The van der Waals surface area contributed by atoms with E-state index in [1.165, 1.54) is 24.1 Å². The summed E-state index contributed by atoms with van der Waals surface area (Å²) in [4.78, 5) is 30.0. The molecule has 0 aromatic heterocycles. The maximum atomic E-state index is 14.6. The molecule has 0 unspecified atom stereocenters. The lowest BCUT2D eigenvalue weighted by Crippen LogP contribution is -2.54. The second kappa shape index (κ2) is 15.4. The second-order valence-electron chi connectivity index (χ2n) is 11.0. The second-order valence-corrected chi connectivity index (χ2v) is 12.9. The summed E-state index contributed by atoms with van der Waals surface area (Å²) in [6.45, 7) is 5.32. The fourth-order valence-corrected chi connectivity index (χ4v) is 6.39. The molecule has 8 nitrogen and oxygen atoms in total. The molecule has 0 aliphatic carbocycles. The summed E-state index contributed by atoms with van der Waals surface area (Å²) in [6.07, 6.45) is 0.966. The number of rotatable bonds is 14. The number of para-hydroxylation sites is 2. The van der Waals surface area contributed by atoms with Crippen LogP contribution in [-0.4, -0.2) is 50.9 Å². The molecular weight excluding hydrogens is 586 g/mol. The van der Waals surface area contributed by atoms with Crippen LogP contribution < -0.4 is 14.4 Å². The van der Waals surface area contributed by atoms with Crippen molar-refractivity contribution in [2.45, 2.75) is 57.1 Å². The lowest BCUT2D eigenvalue weighted by molar-refractivity contribution is -0.140. The van der Waals surface area contributed by atoms with Crippen LogP contribution in [0.4, 0.5) is 5.69 Å². The summed E-state index contributed by atoms with van der Waals surface area (Å²) < 4.78 is 35.1. The van der Waals surface area contributed by atoms with Gasteiger partial charge in [0.05, 0.1) is 17.7 Å². The van der Waals surface area contributed by atoms with Gasteiger partial charge in [-0.1, -0.05) is 97.4 Å². The van der Waals surface area contributed by atoms with Crippen LogP contribution in [0.15, 0.2) is 114 Å². The molecule has 2 amide bonds. The summed E-state index contributed by atoms with van der Waals surface area (Å²) in [7, 11) is -2.77. The number of ether oxygens (including phenoxy) is 1. The first-order valence-corrected chi connectivity index (χ1v) is 16.5. The van der Waals surface area contributed by atoms with Gasteiger partial charge in [0, 0.05) is 19.0 Å². The van der Waals surface area contributed by atoms with Crippen molar-refractivity contribution in [3.05, 3.63) is 126 Å². The van der Waals surface area contributed by atoms with Gasteiger partial charge in [0.1, 0.15) is 18.3 Å². The van der Waals surface area contributed by atoms with Crippen molar-refractivity contribution in [3.63, 3.8) is 0 Å². The molecule has 45 heavy (non-hydrogen) atoms. The van der Waals surface area contributed by atoms with Gasteiger partial charge >= 0.3 is 0 Å². The van der Waals surface area contributed by atoms with Crippen molar-refractivity contribution in [2.75, 3.05) is 18.0 Å². The number of nitrogens with one attached hydrogen (secondary N) is 1. The normalized spacial score (nSPS) is 12.5. The van der Waals surface area contributed by atoms with Crippen LogP contribution in [0.1, 0.15) is 37.0 Å². The number of aryl methyl sites for hydroxylation is 1. The average Bonchev–Trinajstić information content (AvgIpc) is 3.06. The first-order valence-electron chi connectivity index (χ1n) is 15.0. The van der Waals surface area contributed by atoms with Crippen LogP contribution in [0.5, 0.6) is 5.75 Å². The monoisotopic (exact) mass is 627 g/mol. The molecule has 2 atom stereocenters. The molecule has 0 radical (unpaired) electrons. The molecule has 4 rings (SSSR count). The third kappa shape index (κ3) is 8.51. The highest BCUT2D eigenvalue weighted by molar-refractivity contribution is 7.92. The molecule has 4 aromatic carbocycles. The number of anilines is 1. The van der Waals surface area contributed by atoms with Crippen molar-refractivity contribution in [3.8, 4) is 5.75 Å². The summed E-state index contributed by atoms with van der Waals surface area (Å²) in [6, 6.07) is 31.0. The van der Waals surface area contributed by atoms with Gasteiger partial charge in [-0.3, -0.25) is 13.9 Å². The molecule has 0 saturated carbocycles. The molecule has 0 aliphatic rings. The number of hydrogen-bond donors (Lipinski definition) is 1. The summed E-state index contributed by atoms with van der Waals surface area (Å²) in [5, 5.41) is 3.05. The van der Waals surface area contributed by atoms with E-state index in [0.29, 0.717) is 12.2 Å². The first-order chi connectivity index (χ1) is 21.6. The zero-order chi connectivity index (χ0) is 32.4. The number of hydrogen-bond acceptors (Lipinski definition) is 5. The number of sulfonamides is 1. The zero-order valence-corrected chi connectivity index (χ0v) is 27.0. The van der Waals surface area contributed by atoms with Gasteiger partial charge in [0.15, 0.2) is 0 Å². The minimum Gasteiger partial charge on any atom is -0.495 e. The Morgan fingerprint density at radius 3 is 2.00 bits per heavy atom. The summed E-state index contributed by atoms with van der Waals surface area (Å²) >= 11 is 0. The van der Waals surface area contributed by atoms with Crippen LogP contribution in [0.3, 0.4) is 0 Å². The Morgan fingerprint density at radius 1 is 0.822 bits per heavy atom. The molecule has 9 heteroatoms. The highest BCUT2D eigenvalue weighted by Gasteiger charge is 2.35. The maximum Gasteiger partial charge on any atom is 0.264 e. The van der Waals surface area contributed by atoms with E-state index >= 15 is 0 Å². The summed E-state index contributed by atoms with van der Waals surface area (Å²) in [5.41, 5.74) is 2.81. The predicted octanol–water partition coefficient (Wildman–Crippen LogP) is 5.75. The Hall–Kier alpha value is -4.63. The molecule has 0 heterocycles.